The second-order valence-electron chi connectivity index (χ2n) is 5.29. The average molecular weight is 359 g/mol. The van der Waals surface area contributed by atoms with Crippen LogP contribution in [0.3, 0.4) is 0 Å². The number of amides is 1. The van der Waals surface area contributed by atoms with E-state index >= 15 is 0 Å². The van der Waals surface area contributed by atoms with Crippen LogP contribution < -0.4 is 5.32 Å². The molecule has 1 N–H and O–H groups in total. The number of thiazole rings is 1. The summed E-state index contributed by atoms with van der Waals surface area (Å²) in [6.07, 6.45) is 0. The van der Waals surface area contributed by atoms with Crippen molar-refractivity contribution in [3.8, 4) is 11.3 Å². The smallest absolute Gasteiger partial charge is 0.256 e. The van der Waals surface area contributed by atoms with Gasteiger partial charge in [-0.05, 0) is 32.9 Å². The molecule has 24 heavy (non-hydrogen) atoms. The molecule has 2 aromatic heterocycles. The first-order valence-corrected chi connectivity index (χ1v) is 9.27. The maximum atomic E-state index is 12.1. The van der Waals surface area contributed by atoms with Crippen molar-refractivity contribution in [2.75, 3.05) is 11.1 Å². The lowest BCUT2D eigenvalue weighted by Gasteiger charge is -2.05. The molecule has 0 aliphatic rings. The van der Waals surface area contributed by atoms with E-state index in [1.165, 1.54) is 11.8 Å². The molecule has 3 rings (SSSR count). The molecule has 0 fully saturated rings. The highest BCUT2D eigenvalue weighted by Gasteiger charge is 2.10. The summed E-state index contributed by atoms with van der Waals surface area (Å²) in [4.78, 5) is 20.8. The van der Waals surface area contributed by atoms with Crippen LogP contribution in [0.2, 0.25) is 0 Å². The number of anilines is 1. The van der Waals surface area contributed by atoms with Crippen molar-refractivity contribution < 1.29 is 9.21 Å². The van der Waals surface area contributed by atoms with Crippen molar-refractivity contribution in [2.45, 2.75) is 26.0 Å². The van der Waals surface area contributed by atoms with Gasteiger partial charge in [0.15, 0.2) is 0 Å². The lowest BCUT2D eigenvalue weighted by Crippen LogP contribution is -2.14. The summed E-state index contributed by atoms with van der Waals surface area (Å²) in [6, 6.07) is 7.69. The van der Waals surface area contributed by atoms with Crippen LogP contribution in [0.1, 0.15) is 16.5 Å². The molecule has 0 spiro atoms. The number of thioether (sulfide) groups is 1. The molecule has 2 heterocycles. The van der Waals surface area contributed by atoms with Gasteiger partial charge in [0, 0.05) is 16.6 Å². The maximum absolute atomic E-state index is 12.1. The Kier molecular flexibility index (Phi) is 5.01. The van der Waals surface area contributed by atoms with Crippen LogP contribution in [-0.2, 0) is 4.79 Å². The molecule has 1 amide bonds. The Bertz CT molecular complexity index is 851. The van der Waals surface area contributed by atoms with E-state index in [2.05, 4.69) is 15.3 Å². The molecule has 7 heteroatoms. The lowest BCUT2D eigenvalue weighted by atomic mass is 10.1. The van der Waals surface area contributed by atoms with Gasteiger partial charge < -0.3 is 9.73 Å². The summed E-state index contributed by atoms with van der Waals surface area (Å²) in [5.41, 5.74) is 3.52. The molecule has 0 saturated heterocycles. The third-order valence-electron chi connectivity index (χ3n) is 3.40. The first-order chi connectivity index (χ1) is 11.5. The van der Waals surface area contributed by atoms with Gasteiger partial charge in [-0.15, -0.1) is 11.3 Å². The Morgan fingerprint density at radius 1 is 1.29 bits per heavy atom. The van der Waals surface area contributed by atoms with Crippen LogP contribution in [-0.4, -0.2) is 21.6 Å². The zero-order chi connectivity index (χ0) is 17.1. The minimum absolute atomic E-state index is 0.0971. The Labute approximate surface area is 148 Å². The van der Waals surface area contributed by atoms with E-state index in [4.69, 9.17) is 4.42 Å². The number of hydrogen-bond donors (Lipinski definition) is 1. The number of nitrogens with zero attached hydrogens (tertiary/aromatic N) is 2. The maximum Gasteiger partial charge on any atom is 0.256 e. The molecular weight excluding hydrogens is 342 g/mol. The Morgan fingerprint density at radius 2 is 2.12 bits per heavy atom. The van der Waals surface area contributed by atoms with Crippen molar-refractivity contribution in [1.82, 2.24) is 9.97 Å². The van der Waals surface area contributed by atoms with Gasteiger partial charge in [-0.1, -0.05) is 23.9 Å². The Morgan fingerprint density at radius 3 is 2.79 bits per heavy atom. The van der Waals surface area contributed by atoms with Crippen molar-refractivity contribution in [3.05, 3.63) is 46.1 Å². The number of aryl methyl sites for hydroxylation is 3. The highest BCUT2D eigenvalue weighted by Crippen LogP contribution is 2.25. The molecule has 0 aliphatic heterocycles. The number of rotatable bonds is 5. The number of carbonyl (C=O) groups is 1. The average Bonchev–Trinajstić information content (AvgIpc) is 3.12. The number of nitrogens with one attached hydrogen (secondary N) is 1. The van der Waals surface area contributed by atoms with Crippen LogP contribution >= 0.6 is 23.1 Å². The largest absolute Gasteiger partial charge is 0.437 e. The van der Waals surface area contributed by atoms with E-state index in [0.717, 1.165) is 33.4 Å². The van der Waals surface area contributed by atoms with E-state index in [0.29, 0.717) is 5.22 Å². The lowest BCUT2D eigenvalue weighted by molar-refractivity contribution is -0.113. The van der Waals surface area contributed by atoms with E-state index < -0.39 is 0 Å². The van der Waals surface area contributed by atoms with Crippen LogP contribution in [0.15, 0.2) is 39.3 Å². The van der Waals surface area contributed by atoms with Crippen LogP contribution in [0.5, 0.6) is 0 Å². The van der Waals surface area contributed by atoms with Gasteiger partial charge in [-0.2, -0.15) is 0 Å². The number of benzene rings is 1. The predicted molar refractivity (Wildman–Crippen MR) is 97.6 cm³/mol. The zero-order valence-corrected chi connectivity index (χ0v) is 15.3. The summed E-state index contributed by atoms with van der Waals surface area (Å²) in [5.74, 6) is 0.934. The minimum atomic E-state index is -0.0971. The molecule has 124 valence electrons. The van der Waals surface area contributed by atoms with Crippen molar-refractivity contribution >= 4 is 34.7 Å². The third kappa shape index (κ3) is 4.04. The van der Waals surface area contributed by atoms with E-state index in [1.807, 2.05) is 50.4 Å². The van der Waals surface area contributed by atoms with Gasteiger partial charge >= 0.3 is 0 Å². The van der Waals surface area contributed by atoms with E-state index in [9.17, 15) is 4.79 Å². The quantitative estimate of drug-likeness (QED) is 0.682. The monoisotopic (exact) mass is 359 g/mol. The van der Waals surface area contributed by atoms with Crippen molar-refractivity contribution in [1.29, 1.82) is 0 Å². The van der Waals surface area contributed by atoms with Gasteiger partial charge in [-0.3, -0.25) is 4.79 Å². The highest BCUT2D eigenvalue weighted by atomic mass is 32.2. The van der Waals surface area contributed by atoms with E-state index in [-0.39, 0.29) is 11.7 Å². The summed E-state index contributed by atoms with van der Waals surface area (Å²) in [7, 11) is 0. The van der Waals surface area contributed by atoms with Gasteiger partial charge in [-0.25, -0.2) is 9.97 Å². The van der Waals surface area contributed by atoms with Crippen LogP contribution in [0.4, 0.5) is 5.69 Å². The fourth-order valence-corrected chi connectivity index (χ4v) is 3.42. The van der Waals surface area contributed by atoms with Crippen molar-refractivity contribution in [2.24, 2.45) is 0 Å². The Balaban J connectivity index is 1.62. The molecule has 5 nitrogen and oxygen atoms in total. The summed E-state index contributed by atoms with van der Waals surface area (Å²) in [5, 5.41) is 6.45. The molecule has 0 bridgehead atoms. The number of aromatic nitrogens is 2. The molecule has 1 aromatic carbocycles. The Hall–Kier alpha value is -2.12. The molecule has 0 atom stereocenters. The number of hydrogen-bond acceptors (Lipinski definition) is 6. The second-order valence-corrected chi connectivity index (χ2v) is 7.28. The first kappa shape index (κ1) is 16.7. The normalized spacial score (nSPS) is 10.8. The molecule has 3 aromatic rings. The van der Waals surface area contributed by atoms with Crippen LogP contribution in [0, 0.1) is 20.8 Å². The fraction of sp³-hybridized carbons (Fsp3) is 0.235. The molecule has 0 saturated carbocycles. The second kappa shape index (κ2) is 7.19. The van der Waals surface area contributed by atoms with Gasteiger partial charge in [0.2, 0.25) is 5.91 Å². The van der Waals surface area contributed by atoms with Gasteiger partial charge in [0.1, 0.15) is 5.76 Å². The van der Waals surface area contributed by atoms with Crippen LogP contribution in [0.25, 0.3) is 11.3 Å². The summed E-state index contributed by atoms with van der Waals surface area (Å²) in [6.45, 7) is 5.72. The molecule has 0 aliphatic carbocycles. The summed E-state index contributed by atoms with van der Waals surface area (Å²) >= 11 is 2.89. The van der Waals surface area contributed by atoms with Gasteiger partial charge in [0.05, 0.1) is 22.1 Å². The molecular formula is C17H17N3O2S2. The first-order valence-electron chi connectivity index (χ1n) is 7.40. The predicted octanol–water partition coefficient (Wildman–Crippen LogP) is 4.45. The molecule has 0 radical (unpaired) electrons. The molecule has 0 unspecified atom stereocenters. The minimum Gasteiger partial charge on any atom is -0.437 e. The topological polar surface area (TPSA) is 68.0 Å². The zero-order valence-electron chi connectivity index (χ0n) is 13.6. The van der Waals surface area contributed by atoms with Gasteiger partial charge in [0.25, 0.3) is 5.22 Å². The number of carbonyl (C=O) groups excluding carboxylic acids is 1. The fourth-order valence-electron chi connectivity index (χ4n) is 2.08. The highest BCUT2D eigenvalue weighted by molar-refractivity contribution is 7.99. The SMILES string of the molecule is Cc1nc(-c2cccc(NC(=O)CSc3nc(C)c(C)o3)c2)cs1. The number of oxazole rings is 1. The van der Waals surface area contributed by atoms with Crippen molar-refractivity contribution in [3.63, 3.8) is 0 Å². The third-order valence-corrected chi connectivity index (χ3v) is 5.00. The van der Waals surface area contributed by atoms with E-state index in [1.54, 1.807) is 11.3 Å². The summed E-state index contributed by atoms with van der Waals surface area (Å²) < 4.78 is 5.46. The standard InChI is InChI=1S/C17H17N3O2S2/c1-10-11(2)22-17(18-10)24-9-16(21)20-14-6-4-5-13(7-14)15-8-23-12(3)19-15/h4-8H,9H2,1-3H3,(H,20,21).